The standard InChI is InChI=1S/C14H12NO5/c1-19-14(17)11-6-2-3-7-12(11)20-13(16)10-5-4-8-15(18)9-10/h2-8H,9H2,1H3/q-1. The number of rotatable bonds is 3. The molecule has 0 bridgehead atoms. The fourth-order valence-electron chi connectivity index (χ4n) is 1.66. The van der Waals surface area contributed by atoms with Gasteiger partial charge in [-0.1, -0.05) is 12.1 Å². The van der Waals surface area contributed by atoms with Crippen LogP contribution < -0.4 is 4.74 Å². The minimum absolute atomic E-state index is 0.0876. The summed E-state index contributed by atoms with van der Waals surface area (Å²) in [5.74, 6) is -1.18. The van der Waals surface area contributed by atoms with E-state index in [4.69, 9.17) is 4.74 Å². The van der Waals surface area contributed by atoms with Gasteiger partial charge in [0.05, 0.1) is 12.7 Å². The molecule has 1 aliphatic heterocycles. The first-order valence-electron chi connectivity index (χ1n) is 5.82. The number of hydroxylamine groups is 2. The maximum atomic E-state index is 11.9. The molecule has 104 valence electrons. The van der Waals surface area contributed by atoms with Gasteiger partial charge in [0, 0.05) is 6.54 Å². The maximum absolute atomic E-state index is 11.9. The summed E-state index contributed by atoms with van der Waals surface area (Å²) in [6, 6.07) is 6.23. The van der Waals surface area contributed by atoms with Crippen LogP contribution in [0.25, 0.3) is 0 Å². The molecule has 0 fully saturated rings. The Labute approximate surface area is 115 Å². The van der Waals surface area contributed by atoms with Gasteiger partial charge in [0.25, 0.3) is 0 Å². The number of carbonyl (C=O) groups is 2. The van der Waals surface area contributed by atoms with E-state index in [1.165, 1.54) is 37.6 Å². The van der Waals surface area contributed by atoms with E-state index in [0.717, 1.165) is 0 Å². The molecule has 0 aromatic heterocycles. The molecule has 1 aliphatic rings. The number of nitrogens with zero attached hydrogens (tertiary/aromatic N) is 1. The molecule has 1 aromatic rings. The summed E-state index contributed by atoms with van der Waals surface area (Å²) in [5, 5.41) is 11.8. The van der Waals surface area contributed by atoms with Gasteiger partial charge >= 0.3 is 11.9 Å². The van der Waals surface area contributed by atoms with E-state index in [1.807, 2.05) is 0 Å². The molecule has 0 unspecified atom stereocenters. The van der Waals surface area contributed by atoms with Crippen molar-refractivity contribution < 1.29 is 19.1 Å². The molecule has 0 amide bonds. The van der Waals surface area contributed by atoms with Crippen LogP contribution in [0.15, 0.2) is 48.2 Å². The first kappa shape index (κ1) is 13.8. The number of hydrogen-bond acceptors (Lipinski definition) is 6. The Balaban J connectivity index is 2.18. The van der Waals surface area contributed by atoms with Crippen molar-refractivity contribution in [1.29, 1.82) is 0 Å². The van der Waals surface area contributed by atoms with E-state index in [0.29, 0.717) is 5.06 Å². The second-order valence-corrected chi connectivity index (χ2v) is 3.99. The van der Waals surface area contributed by atoms with Crippen molar-refractivity contribution >= 4 is 11.9 Å². The summed E-state index contributed by atoms with van der Waals surface area (Å²) in [6.07, 6.45) is 4.26. The predicted molar refractivity (Wildman–Crippen MR) is 70.7 cm³/mol. The van der Waals surface area contributed by atoms with E-state index in [9.17, 15) is 14.8 Å². The monoisotopic (exact) mass is 274 g/mol. The van der Waals surface area contributed by atoms with Crippen LogP contribution in [0.2, 0.25) is 0 Å². The summed E-state index contributed by atoms with van der Waals surface area (Å²) in [4.78, 5) is 23.5. The highest BCUT2D eigenvalue weighted by Gasteiger charge is 2.18. The van der Waals surface area contributed by atoms with Crippen molar-refractivity contribution in [2.24, 2.45) is 0 Å². The van der Waals surface area contributed by atoms with Crippen molar-refractivity contribution in [3.05, 3.63) is 59.0 Å². The van der Waals surface area contributed by atoms with Crippen molar-refractivity contribution in [2.75, 3.05) is 13.7 Å². The quantitative estimate of drug-likeness (QED) is 0.615. The number of methoxy groups -OCH3 is 1. The highest BCUT2D eigenvalue weighted by atomic mass is 16.5. The third-order valence-corrected chi connectivity index (χ3v) is 2.63. The normalized spacial score (nSPS) is 13.7. The van der Waals surface area contributed by atoms with Crippen molar-refractivity contribution in [3.8, 4) is 5.75 Å². The molecular formula is C14H12NO5-. The van der Waals surface area contributed by atoms with Gasteiger partial charge in [-0.3, -0.25) is 0 Å². The van der Waals surface area contributed by atoms with Crippen LogP contribution in [-0.2, 0) is 9.53 Å². The fraction of sp³-hybridized carbons (Fsp3) is 0.143. The van der Waals surface area contributed by atoms with Crippen LogP contribution >= 0.6 is 0 Å². The smallest absolute Gasteiger partial charge is 0.341 e. The highest BCUT2D eigenvalue weighted by Crippen LogP contribution is 2.20. The average Bonchev–Trinajstić information content (AvgIpc) is 2.47. The average molecular weight is 274 g/mol. The van der Waals surface area contributed by atoms with Gasteiger partial charge < -0.3 is 19.7 Å². The SMILES string of the molecule is COC(=O)c1ccccc1OC(=O)C1=CC=CN([O-])C1. The Hall–Kier alpha value is -2.60. The van der Waals surface area contributed by atoms with E-state index < -0.39 is 11.9 Å². The molecule has 1 aromatic carbocycles. The molecule has 0 aliphatic carbocycles. The van der Waals surface area contributed by atoms with Crippen LogP contribution in [0.4, 0.5) is 0 Å². The van der Waals surface area contributed by atoms with E-state index in [1.54, 1.807) is 12.1 Å². The number of carbonyl (C=O) groups excluding carboxylic acids is 2. The molecule has 0 saturated carbocycles. The largest absolute Gasteiger partial charge is 0.758 e. The Bertz CT molecular complexity index is 591. The number of allylic oxidation sites excluding steroid dienone is 2. The van der Waals surface area contributed by atoms with Crippen LogP contribution in [-0.4, -0.2) is 30.7 Å². The van der Waals surface area contributed by atoms with E-state index in [-0.39, 0.29) is 23.4 Å². The van der Waals surface area contributed by atoms with Crippen LogP contribution in [0, 0.1) is 5.21 Å². The molecular weight excluding hydrogens is 262 g/mol. The number of esters is 2. The van der Waals surface area contributed by atoms with Gasteiger partial charge in [0.15, 0.2) is 0 Å². The number of benzene rings is 1. The first-order chi connectivity index (χ1) is 9.61. The Morgan fingerprint density at radius 3 is 2.70 bits per heavy atom. The number of ether oxygens (including phenoxy) is 2. The van der Waals surface area contributed by atoms with E-state index >= 15 is 0 Å². The predicted octanol–water partition coefficient (Wildman–Crippen LogP) is 1.63. The molecule has 1 heterocycles. The molecule has 0 saturated heterocycles. The minimum Gasteiger partial charge on any atom is -0.758 e. The van der Waals surface area contributed by atoms with Gasteiger partial charge in [0.2, 0.25) is 0 Å². The molecule has 6 heteroatoms. The van der Waals surface area contributed by atoms with Crippen LogP contribution in [0.5, 0.6) is 5.75 Å². The third kappa shape index (κ3) is 3.04. The van der Waals surface area contributed by atoms with E-state index in [2.05, 4.69) is 4.74 Å². The molecule has 0 radical (unpaired) electrons. The maximum Gasteiger partial charge on any atom is 0.341 e. The lowest BCUT2D eigenvalue weighted by atomic mass is 10.2. The summed E-state index contributed by atoms with van der Waals surface area (Å²) < 4.78 is 9.76. The van der Waals surface area contributed by atoms with Gasteiger partial charge in [-0.25, -0.2) is 9.59 Å². The fourth-order valence-corrected chi connectivity index (χ4v) is 1.66. The lowest BCUT2D eigenvalue weighted by Gasteiger charge is -2.28. The zero-order valence-electron chi connectivity index (χ0n) is 10.7. The first-order valence-corrected chi connectivity index (χ1v) is 5.82. The lowest BCUT2D eigenvalue weighted by Crippen LogP contribution is -2.23. The second-order valence-electron chi connectivity index (χ2n) is 3.99. The van der Waals surface area contributed by atoms with Gasteiger partial charge in [-0.15, -0.1) is 0 Å². The molecule has 20 heavy (non-hydrogen) atoms. The van der Waals surface area contributed by atoms with Crippen LogP contribution in [0.3, 0.4) is 0 Å². The summed E-state index contributed by atoms with van der Waals surface area (Å²) in [6.45, 7) is -0.0876. The summed E-state index contributed by atoms with van der Waals surface area (Å²) in [5.41, 5.74) is 0.358. The van der Waals surface area contributed by atoms with Gasteiger partial charge in [-0.05, 0) is 30.5 Å². The Kier molecular flexibility index (Phi) is 4.17. The topological polar surface area (TPSA) is 78.9 Å². The molecule has 0 N–H and O–H groups in total. The summed E-state index contributed by atoms with van der Waals surface area (Å²) >= 11 is 0. The number of hydrogen-bond donors (Lipinski definition) is 0. The van der Waals surface area contributed by atoms with Crippen molar-refractivity contribution in [3.63, 3.8) is 0 Å². The Morgan fingerprint density at radius 1 is 1.25 bits per heavy atom. The Morgan fingerprint density at radius 2 is 2.00 bits per heavy atom. The van der Waals surface area contributed by atoms with Gasteiger partial charge in [-0.2, -0.15) is 0 Å². The molecule has 2 rings (SSSR count). The molecule has 0 atom stereocenters. The highest BCUT2D eigenvalue weighted by molar-refractivity contribution is 5.96. The second kappa shape index (κ2) is 6.03. The molecule has 6 nitrogen and oxygen atoms in total. The summed E-state index contributed by atoms with van der Waals surface area (Å²) in [7, 11) is 1.24. The lowest BCUT2D eigenvalue weighted by molar-refractivity contribution is -0.130. The van der Waals surface area contributed by atoms with Gasteiger partial charge in [0.1, 0.15) is 11.3 Å². The molecule has 0 spiro atoms. The number of para-hydroxylation sites is 1. The van der Waals surface area contributed by atoms with Crippen molar-refractivity contribution in [2.45, 2.75) is 0 Å². The van der Waals surface area contributed by atoms with Crippen molar-refractivity contribution in [1.82, 2.24) is 5.06 Å². The zero-order chi connectivity index (χ0) is 14.5. The minimum atomic E-state index is -0.674. The zero-order valence-corrected chi connectivity index (χ0v) is 10.7. The third-order valence-electron chi connectivity index (χ3n) is 2.63. The van der Waals surface area contributed by atoms with Crippen LogP contribution in [0.1, 0.15) is 10.4 Å².